The average Bonchev–Trinajstić information content (AvgIpc) is 3.42. The summed E-state index contributed by atoms with van der Waals surface area (Å²) in [7, 11) is 2.15. The van der Waals surface area contributed by atoms with Crippen LogP contribution in [0.1, 0.15) is 64.4 Å². The molecular weight excluding hydrogens is 581 g/mol. The molecule has 0 saturated heterocycles. The van der Waals surface area contributed by atoms with Crippen molar-refractivity contribution in [3.05, 3.63) is 202 Å². The van der Waals surface area contributed by atoms with E-state index in [9.17, 15) is 0 Å². The third kappa shape index (κ3) is 5.18. The second-order valence-electron chi connectivity index (χ2n) is 13.1. The van der Waals surface area contributed by atoms with Crippen LogP contribution < -0.4 is 0 Å². The van der Waals surface area contributed by atoms with Gasteiger partial charge in [0.2, 0.25) is 0 Å². The Morgan fingerprint density at radius 1 is 0.604 bits per heavy atom. The van der Waals surface area contributed by atoms with Gasteiger partial charge in [0.1, 0.15) is 5.84 Å². The third-order valence-electron chi connectivity index (χ3n) is 10.1. The van der Waals surface area contributed by atoms with Crippen LogP contribution in [0.4, 0.5) is 0 Å². The van der Waals surface area contributed by atoms with Crippen LogP contribution in [0.2, 0.25) is 0 Å². The highest BCUT2D eigenvalue weighted by atomic mass is 15.2. The molecule has 0 spiro atoms. The summed E-state index contributed by atoms with van der Waals surface area (Å²) in [6.07, 6.45) is 0. The lowest BCUT2D eigenvalue weighted by atomic mass is 9.67. The van der Waals surface area contributed by atoms with Gasteiger partial charge in [0.05, 0.1) is 11.5 Å². The van der Waals surface area contributed by atoms with Crippen LogP contribution in [-0.4, -0.2) is 17.8 Å². The van der Waals surface area contributed by atoms with Crippen LogP contribution in [0.3, 0.4) is 0 Å². The smallest absolute Gasteiger partial charge is 0.136 e. The van der Waals surface area contributed by atoms with Crippen LogP contribution >= 0.6 is 0 Å². The molecule has 6 aromatic carbocycles. The van der Waals surface area contributed by atoms with E-state index in [1.807, 2.05) is 6.92 Å². The molecule has 0 aromatic heterocycles. The maximum Gasteiger partial charge on any atom is 0.136 e. The van der Waals surface area contributed by atoms with Crippen molar-refractivity contribution < 1.29 is 0 Å². The van der Waals surface area contributed by atoms with Gasteiger partial charge >= 0.3 is 0 Å². The van der Waals surface area contributed by atoms with E-state index in [2.05, 4.69) is 185 Å². The molecule has 1 unspecified atom stereocenters. The quantitative estimate of drug-likeness (QED) is 0.128. The molecule has 0 aliphatic heterocycles. The number of allylic oxidation sites excluding steroid dienone is 1. The maximum atomic E-state index is 5.09. The number of hydrogen-bond donors (Lipinski definition) is 0. The van der Waals surface area contributed by atoms with Gasteiger partial charge in [-0.25, -0.2) is 4.99 Å². The number of rotatable bonds is 7. The topological polar surface area (TPSA) is 15.6 Å². The predicted octanol–water partition coefficient (Wildman–Crippen LogP) is 11.3. The zero-order valence-electron chi connectivity index (χ0n) is 28.5. The Balaban J connectivity index is 1.34. The summed E-state index contributed by atoms with van der Waals surface area (Å²) in [6, 6.07) is 53.3. The van der Waals surface area contributed by atoms with E-state index in [-0.39, 0.29) is 6.04 Å². The Morgan fingerprint density at radius 3 is 1.79 bits per heavy atom. The van der Waals surface area contributed by atoms with Gasteiger partial charge in [-0.3, -0.25) is 0 Å². The normalized spacial score (nSPS) is 13.8. The molecule has 0 fully saturated rings. The van der Waals surface area contributed by atoms with Gasteiger partial charge in [0, 0.05) is 18.3 Å². The van der Waals surface area contributed by atoms with E-state index in [1.54, 1.807) is 0 Å². The standard InChI is InChI=1S/C46H42N2/c1-31(2)47-45(48(6)34(5)35-27-28-40(33(4)29-35)39-22-11-10-17-32(39)3)36-18-16-21-38(30-36)46(37-19-8-7-9-20-37)43-25-14-12-23-41(43)42-24-13-15-26-44(42)46/h7-30,34H,1H2,2-6H3/b47-45-. The molecule has 1 aliphatic rings. The van der Waals surface area contributed by atoms with Crippen LogP contribution in [0.25, 0.3) is 22.3 Å². The van der Waals surface area contributed by atoms with Crippen molar-refractivity contribution in [1.29, 1.82) is 0 Å². The second-order valence-corrected chi connectivity index (χ2v) is 13.1. The number of nitrogens with zero attached hydrogens (tertiary/aromatic N) is 2. The van der Waals surface area contributed by atoms with Gasteiger partial charge in [0.25, 0.3) is 0 Å². The summed E-state index contributed by atoms with van der Waals surface area (Å²) >= 11 is 0. The Hall–Kier alpha value is -5.47. The van der Waals surface area contributed by atoms with E-state index in [0.29, 0.717) is 0 Å². The molecule has 0 amide bonds. The Bertz CT molecular complexity index is 2130. The largest absolute Gasteiger partial charge is 0.352 e. The molecule has 0 N–H and O–H groups in total. The molecule has 0 heterocycles. The van der Waals surface area contributed by atoms with E-state index in [0.717, 1.165) is 17.1 Å². The zero-order valence-corrected chi connectivity index (χ0v) is 28.5. The number of benzene rings is 6. The van der Waals surface area contributed by atoms with Crippen LogP contribution in [0.15, 0.2) is 163 Å². The highest BCUT2D eigenvalue weighted by Crippen LogP contribution is 2.56. The molecule has 0 bridgehead atoms. The molecule has 48 heavy (non-hydrogen) atoms. The first-order valence-corrected chi connectivity index (χ1v) is 16.8. The monoisotopic (exact) mass is 622 g/mol. The van der Waals surface area contributed by atoms with E-state index < -0.39 is 5.41 Å². The lowest BCUT2D eigenvalue weighted by Crippen LogP contribution is -2.32. The molecule has 2 nitrogen and oxygen atoms in total. The molecule has 0 radical (unpaired) electrons. The highest BCUT2D eigenvalue weighted by Gasteiger charge is 2.46. The van der Waals surface area contributed by atoms with Gasteiger partial charge in [-0.2, -0.15) is 0 Å². The van der Waals surface area contributed by atoms with Crippen LogP contribution in [0.5, 0.6) is 0 Å². The van der Waals surface area contributed by atoms with Gasteiger partial charge in [0.15, 0.2) is 0 Å². The molecule has 2 heteroatoms. The lowest BCUT2D eigenvalue weighted by molar-refractivity contribution is 0.402. The Labute approximate surface area is 285 Å². The zero-order chi connectivity index (χ0) is 33.4. The number of aliphatic imine (C=N–C) groups is 1. The van der Waals surface area contributed by atoms with Crippen molar-refractivity contribution in [1.82, 2.24) is 4.90 Å². The SMILES string of the molecule is C=C(C)/N=C(/c1cccc(C2(c3ccccc3)c3ccccc3-c3ccccc32)c1)N(C)C(C)c1ccc(-c2ccccc2C)c(C)c1. The fourth-order valence-electron chi connectivity index (χ4n) is 7.66. The Kier molecular flexibility index (Phi) is 8.19. The lowest BCUT2D eigenvalue weighted by Gasteiger charge is -2.35. The summed E-state index contributed by atoms with van der Waals surface area (Å²) in [4.78, 5) is 7.39. The van der Waals surface area contributed by atoms with Crippen molar-refractivity contribution in [2.75, 3.05) is 7.05 Å². The summed E-state index contributed by atoms with van der Waals surface area (Å²) in [5.74, 6) is 0.903. The van der Waals surface area contributed by atoms with Gasteiger partial charge in [-0.15, -0.1) is 0 Å². The minimum atomic E-state index is -0.467. The van der Waals surface area contributed by atoms with Crippen molar-refractivity contribution in [3.8, 4) is 22.3 Å². The fraction of sp³-hybridized carbons (Fsp3) is 0.152. The summed E-state index contributed by atoms with van der Waals surface area (Å²) in [6.45, 7) is 12.8. The molecule has 236 valence electrons. The summed E-state index contributed by atoms with van der Waals surface area (Å²) in [5.41, 5.74) is 15.4. The summed E-state index contributed by atoms with van der Waals surface area (Å²) < 4.78 is 0. The minimum absolute atomic E-state index is 0.0763. The fourth-order valence-corrected chi connectivity index (χ4v) is 7.66. The average molecular weight is 623 g/mol. The van der Waals surface area contributed by atoms with Crippen molar-refractivity contribution >= 4 is 5.84 Å². The molecule has 7 rings (SSSR count). The second kappa shape index (κ2) is 12.6. The molecular formula is C46H42N2. The van der Waals surface area contributed by atoms with E-state index in [4.69, 9.17) is 4.99 Å². The molecule has 6 aromatic rings. The van der Waals surface area contributed by atoms with Gasteiger partial charge < -0.3 is 4.90 Å². The van der Waals surface area contributed by atoms with Crippen molar-refractivity contribution in [2.24, 2.45) is 4.99 Å². The first-order chi connectivity index (χ1) is 23.3. The van der Waals surface area contributed by atoms with Crippen molar-refractivity contribution in [2.45, 2.75) is 39.2 Å². The van der Waals surface area contributed by atoms with Gasteiger partial charge in [-0.05, 0) is 95.0 Å². The highest BCUT2D eigenvalue weighted by molar-refractivity contribution is 6.00. The predicted molar refractivity (Wildman–Crippen MR) is 203 cm³/mol. The first-order valence-electron chi connectivity index (χ1n) is 16.8. The Morgan fingerprint density at radius 2 is 1.17 bits per heavy atom. The number of aryl methyl sites for hydroxylation is 2. The van der Waals surface area contributed by atoms with E-state index >= 15 is 0 Å². The van der Waals surface area contributed by atoms with Crippen LogP contribution in [-0.2, 0) is 5.41 Å². The van der Waals surface area contributed by atoms with Crippen molar-refractivity contribution in [3.63, 3.8) is 0 Å². The van der Waals surface area contributed by atoms with Gasteiger partial charge in [-0.1, -0.05) is 146 Å². The first kappa shape index (κ1) is 31.1. The number of hydrogen-bond acceptors (Lipinski definition) is 1. The molecule has 1 atom stereocenters. The van der Waals surface area contributed by atoms with Crippen LogP contribution in [0, 0.1) is 13.8 Å². The number of fused-ring (bicyclic) bond motifs is 3. The third-order valence-corrected chi connectivity index (χ3v) is 10.1. The number of amidine groups is 1. The molecule has 0 saturated carbocycles. The van der Waals surface area contributed by atoms with E-state index in [1.165, 1.54) is 61.2 Å². The minimum Gasteiger partial charge on any atom is -0.352 e. The summed E-state index contributed by atoms with van der Waals surface area (Å²) in [5, 5.41) is 0. The maximum absolute atomic E-state index is 5.09. The molecule has 1 aliphatic carbocycles.